The van der Waals surface area contributed by atoms with Gasteiger partial charge >= 0.3 is 5.97 Å². The zero-order chi connectivity index (χ0) is 7.28. The van der Waals surface area contributed by atoms with Crippen LogP contribution in [0.15, 0.2) is 12.7 Å². The summed E-state index contributed by atoms with van der Waals surface area (Å²) in [5.41, 5.74) is 0. The standard InChI is InChI=1S/C7H8O2/c1-4-6(3)9-7(8)5-2/h2,4,6H,1H2,3H3. The van der Waals surface area contributed by atoms with Crippen LogP contribution in [0, 0.1) is 12.3 Å². The van der Waals surface area contributed by atoms with E-state index in [0.29, 0.717) is 0 Å². The SMILES string of the molecule is C#CC(=O)OC(C)C=C. The van der Waals surface area contributed by atoms with Gasteiger partial charge in [0.15, 0.2) is 0 Å². The minimum absolute atomic E-state index is 0.298. The smallest absolute Gasteiger partial charge is 0.384 e. The van der Waals surface area contributed by atoms with Crippen LogP contribution < -0.4 is 0 Å². The quantitative estimate of drug-likeness (QED) is 0.235. The lowest BCUT2D eigenvalue weighted by Crippen LogP contribution is -2.09. The summed E-state index contributed by atoms with van der Waals surface area (Å²) in [5.74, 6) is 1.17. The van der Waals surface area contributed by atoms with Gasteiger partial charge in [-0.15, -0.1) is 6.42 Å². The summed E-state index contributed by atoms with van der Waals surface area (Å²) in [6.07, 6.45) is 5.91. The molecule has 2 nitrogen and oxygen atoms in total. The zero-order valence-electron chi connectivity index (χ0n) is 5.26. The molecule has 0 N–H and O–H groups in total. The molecule has 0 radical (unpaired) electrons. The third-order valence-corrected chi connectivity index (χ3v) is 0.743. The Morgan fingerprint density at radius 1 is 2.00 bits per heavy atom. The van der Waals surface area contributed by atoms with Crippen LogP contribution in [0.4, 0.5) is 0 Å². The van der Waals surface area contributed by atoms with Gasteiger partial charge in [-0.25, -0.2) is 4.79 Å². The number of carbonyl (C=O) groups is 1. The number of carbonyl (C=O) groups excluding carboxylic acids is 1. The van der Waals surface area contributed by atoms with E-state index in [9.17, 15) is 4.79 Å². The van der Waals surface area contributed by atoms with E-state index in [0.717, 1.165) is 0 Å². The molecule has 0 aromatic carbocycles. The first-order valence-electron chi connectivity index (χ1n) is 2.50. The first kappa shape index (κ1) is 7.77. The molecule has 1 atom stereocenters. The highest BCUT2D eigenvalue weighted by molar-refractivity contribution is 5.87. The van der Waals surface area contributed by atoms with E-state index in [2.05, 4.69) is 11.3 Å². The second-order valence-corrected chi connectivity index (χ2v) is 1.49. The van der Waals surface area contributed by atoms with Gasteiger partial charge in [-0.05, 0) is 6.92 Å². The summed E-state index contributed by atoms with van der Waals surface area (Å²) < 4.78 is 4.56. The molecule has 0 aliphatic heterocycles. The molecule has 0 aromatic heterocycles. The summed E-state index contributed by atoms with van der Waals surface area (Å²) in [5, 5.41) is 0. The highest BCUT2D eigenvalue weighted by Crippen LogP contribution is 1.89. The summed E-state index contributed by atoms with van der Waals surface area (Å²) in [7, 11) is 0. The van der Waals surface area contributed by atoms with E-state index in [4.69, 9.17) is 6.42 Å². The van der Waals surface area contributed by atoms with E-state index in [-0.39, 0.29) is 6.10 Å². The predicted molar refractivity (Wildman–Crippen MR) is 34.6 cm³/mol. The van der Waals surface area contributed by atoms with Gasteiger partial charge in [0.25, 0.3) is 0 Å². The Hall–Kier alpha value is -1.23. The van der Waals surface area contributed by atoms with Crippen molar-refractivity contribution in [2.75, 3.05) is 0 Å². The molecular weight excluding hydrogens is 116 g/mol. The number of terminal acetylenes is 1. The Bertz CT molecular complexity index is 153. The van der Waals surface area contributed by atoms with Crippen molar-refractivity contribution in [2.24, 2.45) is 0 Å². The highest BCUT2D eigenvalue weighted by atomic mass is 16.5. The first-order chi connectivity index (χ1) is 4.20. The topological polar surface area (TPSA) is 26.3 Å². The molecule has 48 valence electrons. The third-order valence-electron chi connectivity index (χ3n) is 0.743. The molecule has 0 aliphatic carbocycles. The maximum Gasteiger partial charge on any atom is 0.384 e. The maximum absolute atomic E-state index is 10.3. The lowest BCUT2D eigenvalue weighted by Gasteiger charge is -2.02. The molecular formula is C7H8O2. The summed E-state index contributed by atoms with van der Waals surface area (Å²) in [6.45, 7) is 5.08. The van der Waals surface area contributed by atoms with Gasteiger partial charge in [-0.3, -0.25) is 0 Å². The van der Waals surface area contributed by atoms with Crippen molar-refractivity contribution in [3.63, 3.8) is 0 Å². The molecule has 1 unspecified atom stereocenters. The molecule has 0 saturated heterocycles. The molecule has 0 rings (SSSR count). The van der Waals surface area contributed by atoms with Crippen LogP contribution in [0.1, 0.15) is 6.92 Å². The lowest BCUT2D eigenvalue weighted by molar-refractivity contribution is -0.139. The second-order valence-electron chi connectivity index (χ2n) is 1.49. The van der Waals surface area contributed by atoms with E-state index in [1.807, 2.05) is 5.92 Å². The zero-order valence-corrected chi connectivity index (χ0v) is 5.26. The number of hydrogen-bond donors (Lipinski definition) is 0. The van der Waals surface area contributed by atoms with Crippen LogP contribution in [-0.4, -0.2) is 12.1 Å². The monoisotopic (exact) mass is 124 g/mol. The minimum atomic E-state index is -0.651. The molecule has 0 bridgehead atoms. The molecule has 0 heterocycles. The minimum Gasteiger partial charge on any atom is -0.449 e. The van der Waals surface area contributed by atoms with E-state index < -0.39 is 5.97 Å². The van der Waals surface area contributed by atoms with Crippen molar-refractivity contribution in [1.29, 1.82) is 0 Å². The van der Waals surface area contributed by atoms with Crippen molar-refractivity contribution >= 4 is 5.97 Å². The fourth-order valence-electron chi connectivity index (χ4n) is 0.251. The Kier molecular flexibility index (Phi) is 3.22. The van der Waals surface area contributed by atoms with E-state index in [1.165, 1.54) is 6.08 Å². The van der Waals surface area contributed by atoms with Crippen LogP contribution in [0.25, 0.3) is 0 Å². The normalized spacial score (nSPS) is 11.1. The van der Waals surface area contributed by atoms with E-state index in [1.54, 1.807) is 6.92 Å². The van der Waals surface area contributed by atoms with Crippen molar-refractivity contribution in [3.05, 3.63) is 12.7 Å². The molecule has 0 aliphatic rings. The van der Waals surface area contributed by atoms with Crippen LogP contribution >= 0.6 is 0 Å². The van der Waals surface area contributed by atoms with Crippen LogP contribution in [0.3, 0.4) is 0 Å². The van der Waals surface area contributed by atoms with Gasteiger partial charge in [0.05, 0.1) is 0 Å². The fraction of sp³-hybridized carbons (Fsp3) is 0.286. The summed E-state index contributed by atoms with van der Waals surface area (Å²) in [6, 6.07) is 0. The largest absolute Gasteiger partial charge is 0.449 e. The van der Waals surface area contributed by atoms with E-state index >= 15 is 0 Å². The summed E-state index contributed by atoms with van der Waals surface area (Å²) >= 11 is 0. The maximum atomic E-state index is 10.3. The average Bonchev–Trinajstić information content (AvgIpc) is 1.87. The van der Waals surface area contributed by atoms with Gasteiger partial charge in [-0.2, -0.15) is 0 Å². The Balaban J connectivity index is 3.62. The van der Waals surface area contributed by atoms with Crippen molar-refractivity contribution in [3.8, 4) is 12.3 Å². The van der Waals surface area contributed by atoms with Crippen molar-refractivity contribution < 1.29 is 9.53 Å². The molecule has 0 aromatic rings. The number of ether oxygens (including phenoxy) is 1. The van der Waals surface area contributed by atoms with Crippen molar-refractivity contribution in [1.82, 2.24) is 0 Å². The molecule has 9 heavy (non-hydrogen) atoms. The Labute approximate surface area is 54.5 Å². The fourth-order valence-corrected chi connectivity index (χ4v) is 0.251. The van der Waals surface area contributed by atoms with Gasteiger partial charge < -0.3 is 4.74 Å². The van der Waals surface area contributed by atoms with Gasteiger partial charge in [-0.1, -0.05) is 12.7 Å². The Morgan fingerprint density at radius 2 is 2.56 bits per heavy atom. The third kappa shape index (κ3) is 3.36. The highest BCUT2D eigenvalue weighted by Gasteiger charge is 1.99. The van der Waals surface area contributed by atoms with Crippen LogP contribution in [0.2, 0.25) is 0 Å². The van der Waals surface area contributed by atoms with Crippen molar-refractivity contribution in [2.45, 2.75) is 13.0 Å². The second kappa shape index (κ2) is 3.73. The number of hydrogen-bond acceptors (Lipinski definition) is 2. The molecule has 0 amide bonds. The average molecular weight is 124 g/mol. The number of esters is 1. The predicted octanol–water partition coefficient (Wildman–Crippen LogP) is 0.737. The van der Waals surface area contributed by atoms with Crippen LogP contribution in [0.5, 0.6) is 0 Å². The number of rotatable bonds is 2. The van der Waals surface area contributed by atoms with Gasteiger partial charge in [0.1, 0.15) is 6.10 Å². The van der Waals surface area contributed by atoms with Crippen LogP contribution in [-0.2, 0) is 9.53 Å². The lowest BCUT2D eigenvalue weighted by atomic mass is 10.4. The Morgan fingerprint density at radius 3 is 2.89 bits per heavy atom. The van der Waals surface area contributed by atoms with Gasteiger partial charge in [0.2, 0.25) is 0 Å². The summed E-state index contributed by atoms with van der Waals surface area (Å²) in [4.78, 5) is 10.3. The molecule has 0 saturated carbocycles. The van der Waals surface area contributed by atoms with Gasteiger partial charge in [0, 0.05) is 5.92 Å². The first-order valence-corrected chi connectivity index (χ1v) is 2.50. The molecule has 0 spiro atoms. The molecule has 0 fully saturated rings. The molecule has 2 heteroatoms.